The SMILES string of the molecule is [OH][Cu]([OH])([n]1ccnc1)([n]1ccnc1)([n]1ccnc1)[n]1ccnc1. The van der Waals surface area contributed by atoms with Crippen molar-refractivity contribution in [1.29, 1.82) is 0 Å². The van der Waals surface area contributed by atoms with Crippen molar-refractivity contribution in [1.82, 2.24) is 34.3 Å². The number of aromatic nitrogens is 8. The zero-order valence-electron chi connectivity index (χ0n) is 11.7. The molecule has 0 aliphatic carbocycles. The first kappa shape index (κ1) is 13.9. The third kappa shape index (κ3) is 1.35. The van der Waals surface area contributed by atoms with Crippen LogP contribution in [-0.4, -0.2) is 42.6 Å². The molecule has 11 heteroatoms. The standard InChI is InChI=1S/4C3H3N2.Cu.2H2O/c4*1-2-5-3-4-1;;;/h4*1-3H;;2*1H2/q4*-1;+6;;/p-2. The van der Waals surface area contributed by atoms with Crippen LogP contribution in [0.1, 0.15) is 0 Å². The molecular weight excluding hydrogens is 352 g/mol. The molecule has 125 valence electrons. The molecule has 0 aliphatic heterocycles. The molecule has 10 nitrogen and oxygen atoms in total. The second-order valence-corrected chi connectivity index (χ2v) is 9.14. The molecule has 0 aromatic carbocycles. The molecule has 0 saturated heterocycles. The number of hydrogen-bond acceptors (Lipinski definition) is 6. The van der Waals surface area contributed by atoms with Gasteiger partial charge in [0.25, 0.3) is 0 Å². The van der Waals surface area contributed by atoms with Crippen LogP contribution < -0.4 is 0 Å². The Balaban J connectivity index is 2.31. The van der Waals surface area contributed by atoms with Gasteiger partial charge in [0, 0.05) is 0 Å². The van der Waals surface area contributed by atoms with E-state index in [0.717, 1.165) is 0 Å². The summed E-state index contributed by atoms with van der Waals surface area (Å²) in [6, 6.07) is 0. The van der Waals surface area contributed by atoms with Crippen LogP contribution in [0.4, 0.5) is 0 Å². The summed E-state index contributed by atoms with van der Waals surface area (Å²) in [7, 11) is 0. The van der Waals surface area contributed by atoms with Gasteiger partial charge in [0.2, 0.25) is 0 Å². The second kappa shape index (κ2) is 3.97. The monoisotopic (exact) mass is 365 g/mol. The zero-order valence-corrected chi connectivity index (χ0v) is 12.6. The van der Waals surface area contributed by atoms with Gasteiger partial charge in [-0.3, -0.25) is 0 Å². The number of nitrogens with zero attached hydrogens (tertiary/aromatic N) is 8. The Morgan fingerprint density at radius 1 is 0.522 bits per heavy atom. The third-order valence-electron chi connectivity index (χ3n) is 3.20. The van der Waals surface area contributed by atoms with Crippen LogP contribution in [0.2, 0.25) is 0 Å². The van der Waals surface area contributed by atoms with Gasteiger partial charge in [-0.1, -0.05) is 0 Å². The Bertz CT molecular complexity index is 767. The van der Waals surface area contributed by atoms with Crippen molar-refractivity contribution in [3.63, 3.8) is 0 Å². The van der Waals surface area contributed by atoms with Crippen molar-refractivity contribution in [3.05, 3.63) is 74.9 Å². The van der Waals surface area contributed by atoms with Gasteiger partial charge in [0.1, 0.15) is 0 Å². The van der Waals surface area contributed by atoms with Gasteiger partial charge in [-0.25, -0.2) is 0 Å². The van der Waals surface area contributed by atoms with E-state index in [1.54, 1.807) is 0 Å². The van der Waals surface area contributed by atoms with Crippen molar-refractivity contribution in [2.75, 3.05) is 0 Å². The van der Waals surface area contributed by atoms with E-state index in [0.29, 0.717) is 0 Å². The molecule has 0 unspecified atom stereocenters. The fourth-order valence-corrected chi connectivity index (χ4v) is 6.36. The van der Waals surface area contributed by atoms with Gasteiger partial charge in [0.05, 0.1) is 0 Å². The van der Waals surface area contributed by atoms with Crippen molar-refractivity contribution in [3.8, 4) is 0 Å². The van der Waals surface area contributed by atoms with Gasteiger partial charge in [-0.05, 0) is 0 Å². The van der Waals surface area contributed by atoms with E-state index in [2.05, 4.69) is 19.9 Å². The van der Waals surface area contributed by atoms with E-state index in [1.807, 2.05) is 0 Å². The first-order chi connectivity index (χ1) is 11.0. The molecule has 4 heterocycles. The third-order valence-corrected chi connectivity index (χ3v) is 8.55. The van der Waals surface area contributed by atoms with Gasteiger partial charge in [-0.15, -0.1) is 0 Å². The fourth-order valence-electron chi connectivity index (χ4n) is 2.13. The van der Waals surface area contributed by atoms with Crippen LogP contribution >= 0.6 is 0 Å². The molecule has 0 bridgehead atoms. The molecule has 23 heavy (non-hydrogen) atoms. The molecule has 0 radical (unpaired) electrons. The van der Waals surface area contributed by atoms with Crippen LogP contribution in [0.3, 0.4) is 0 Å². The first-order valence-corrected chi connectivity index (χ1v) is 8.80. The normalized spacial score (nSPS) is 15.2. The van der Waals surface area contributed by atoms with Gasteiger partial charge >= 0.3 is 130 Å². The Morgan fingerprint density at radius 2 is 0.783 bits per heavy atom. The van der Waals surface area contributed by atoms with E-state index in [1.165, 1.54) is 89.2 Å². The van der Waals surface area contributed by atoms with E-state index < -0.39 is 12.3 Å². The van der Waals surface area contributed by atoms with Gasteiger partial charge < -0.3 is 0 Å². The average Bonchev–Trinajstić information content (AvgIpc) is 3.41. The summed E-state index contributed by atoms with van der Waals surface area (Å²) in [5.74, 6) is 0. The van der Waals surface area contributed by atoms with Crippen LogP contribution in [0, 0.1) is 0 Å². The molecule has 0 aliphatic rings. The maximum absolute atomic E-state index is 12.2. The Kier molecular flexibility index (Phi) is 2.40. The predicted molar refractivity (Wildman–Crippen MR) is 74.9 cm³/mol. The van der Waals surface area contributed by atoms with Crippen molar-refractivity contribution >= 4 is 0 Å². The minimum atomic E-state index is -5.60. The summed E-state index contributed by atoms with van der Waals surface area (Å²) in [5, 5.41) is 0. The van der Waals surface area contributed by atoms with Crippen molar-refractivity contribution in [2.45, 2.75) is 0 Å². The number of hydrogen-bond donors (Lipinski definition) is 2. The molecule has 0 amide bonds. The Labute approximate surface area is 130 Å². The quantitative estimate of drug-likeness (QED) is 0.479. The average molecular weight is 366 g/mol. The summed E-state index contributed by atoms with van der Waals surface area (Å²) in [5.41, 5.74) is 0. The zero-order chi connectivity index (χ0) is 16.0. The molecule has 0 spiro atoms. The maximum atomic E-state index is 12.2. The van der Waals surface area contributed by atoms with E-state index in [4.69, 9.17) is 0 Å². The van der Waals surface area contributed by atoms with E-state index >= 15 is 0 Å². The van der Waals surface area contributed by atoms with Gasteiger partial charge in [0.15, 0.2) is 0 Å². The first-order valence-electron chi connectivity index (χ1n) is 6.27. The van der Waals surface area contributed by atoms with E-state index in [9.17, 15) is 8.38 Å². The number of rotatable bonds is 4. The molecule has 4 aromatic rings. The molecule has 4 aromatic heterocycles. The molecule has 0 fully saturated rings. The minimum absolute atomic E-state index is 1.22. The molecule has 0 saturated carbocycles. The van der Waals surface area contributed by atoms with Crippen molar-refractivity contribution < 1.29 is 20.6 Å². The van der Waals surface area contributed by atoms with Crippen LogP contribution in [0.25, 0.3) is 0 Å². The molecular formula is C12H14CuN8O2. The summed E-state index contributed by atoms with van der Waals surface area (Å²) < 4.78 is 29.4. The molecule has 2 N–H and O–H groups in total. The van der Waals surface area contributed by atoms with E-state index in [-0.39, 0.29) is 0 Å². The summed E-state index contributed by atoms with van der Waals surface area (Å²) >= 11 is -5.60. The topological polar surface area (TPSA) is 112 Å². The Morgan fingerprint density at radius 3 is 0.957 bits per heavy atom. The van der Waals surface area contributed by atoms with Crippen molar-refractivity contribution in [2.24, 2.45) is 0 Å². The van der Waals surface area contributed by atoms with Crippen LogP contribution in [0.15, 0.2) is 74.9 Å². The predicted octanol–water partition coefficient (Wildman–Crippen LogP) is -0.335. The fraction of sp³-hybridized carbons (Fsp3) is 0. The Hall–Kier alpha value is -2.72. The molecule has 4 rings (SSSR count). The second-order valence-electron chi connectivity index (χ2n) is 4.37. The van der Waals surface area contributed by atoms with Gasteiger partial charge in [-0.2, -0.15) is 0 Å². The summed E-state index contributed by atoms with van der Waals surface area (Å²) in [4.78, 5) is 15.9. The molecule has 0 atom stereocenters. The van der Waals surface area contributed by atoms with Crippen LogP contribution in [-0.2, 0) is 12.3 Å². The summed E-state index contributed by atoms with van der Waals surface area (Å²) in [6.45, 7) is 0. The van der Waals surface area contributed by atoms with Crippen LogP contribution in [0.5, 0.6) is 0 Å². The summed E-state index contributed by atoms with van der Waals surface area (Å²) in [6.07, 6.45) is 16.9. The number of imidazole rings is 4.